The Kier molecular flexibility index (Phi) is 4.45. The van der Waals surface area contributed by atoms with Gasteiger partial charge in [-0.05, 0) is 49.1 Å². The molecule has 1 heterocycles. The lowest BCUT2D eigenvalue weighted by Crippen LogP contribution is -2.39. The molecule has 2 aliphatic rings. The number of ether oxygens (including phenoxy) is 1. The van der Waals surface area contributed by atoms with Crippen molar-refractivity contribution in [1.29, 1.82) is 0 Å². The number of nitrogens with zero attached hydrogens (tertiary/aromatic N) is 1. The number of likely N-dealkylation sites (tertiary alicyclic amines) is 1. The maximum atomic E-state index is 10.4. The first kappa shape index (κ1) is 16.8. The zero-order valence-corrected chi connectivity index (χ0v) is 15.0. The summed E-state index contributed by atoms with van der Waals surface area (Å²) >= 11 is 0. The Hall–Kier alpha value is -1.06. The van der Waals surface area contributed by atoms with E-state index >= 15 is 0 Å². The largest absolute Gasteiger partial charge is 0.491 e. The average molecular weight is 317 g/mol. The molecule has 1 aliphatic carbocycles. The van der Waals surface area contributed by atoms with Crippen LogP contribution in [0.4, 0.5) is 0 Å². The molecule has 0 spiro atoms. The Balaban J connectivity index is 1.52. The van der Waals surface area contributed by atoms with Gasteiger partial charge in [0.1, 0.15) is 18.5 Å². The van der Waals surface area contributed by atoms with Crippen molar-refractivity contribution in [3.63, 3.8) is 0 Å². The number of fused-ring (bicyclic) bond motifs is 2. The fourth-order valence-electron chi connectivity index (χ4n) is 4.94. The number of hydrogen-bond acceptors (Lipinski definition) is 3. The quantitative estimate of drug-likeness (QED) is 0.900. The minimum Gasteiger partial charge on any atom is -0.491 e. The molecule has 3 nitrogen and oxygen atoms in total. The van der Waals surface area contributed by atoms with Crippen molar-refractivity contribution in [2.45, 2.75) is 59.1 Å². The molecule has 2 bridgehead atoms. The highest BCUT2D eigenvalue weighted by Crippen LogP contribution is 2.52. The van der Waals surface area contributed by atoms with Gasteiger partial charge in [-0.3, -0.25) is 4.90 Å². The Morgan fingerprint density at radius 3 is 2.61 bits per heavy atom. The first-order chi connectivity index (χ1) is 10.7. The molecule has 1 saturated carbocycles. The maximum Gasteiger partial charge on any atom is 0.119 e. The second kappa shape index (κ2) is 6.10. The van der Waals surface area contributed by atoms with Crippen molar-refractivity contribution in [2.75, 3.05) is 19.7 Å². The molecule has 3 rings (SSSR count). The summed E-state index contributed by atoms with van der Waals surface area (Å²) in [4.78, 5) is 2.50. The Bertz CT molecular complexity index is 539. The van der Waals surface area contributed by atoms with E-state index in [1.807, 2.05) is 24.3 Å². The third-order valence-electron chi connectivity index (χ3n) is 5.43. The van der Waals surface area contributed by atoms with Gasteiger partial charge in [0.05, 0.1) is 0 Å². The van der Waals surface area contributed by atoms with Gasteiger partial charge in [-0.15, -0.1) is 0 Å². The van der Waals surface area contributed by atoms with Crippen LogP contribution in [0.1, 0.15) is 45.6 Å². The molecule has 1 aromatic rings. The molecule has 0 amide bonds. The van der Waals surface area contributed by atoms with Gasteiger partial charge in [-0.2, -0.15) is 0 Å². The van der Waals surface area contributed by atoms with Crippen molar-refractivity contribution >= 4 is 0 Å². The lowest BCUT2D eigenvalue weighted by Gasteiger charge is -2.40. The first-order valence-corrected chi connectivity index (χ1v) is 8.86. The molecule has 3 atom stereocenters. The molecule has 1 saturated heterocycles. The van der Waals surface area contributed by atoms with E-state index in [4.69, 9.17) is 4.74 Å². The maximum absolute atomic E-state index is 10.4. The van der Waals surface area contributed by atoms with Crippen molar-refractivity contribution in [2.24, 2.45) is 10.8 Å². The van der Waals surface area contributed by atoms with Crippen molar-refractivity contribution in [1.82, 2.24) is 4.90 Å². The van der Waals surface area contributed by atoms with Crippen LogP contribution in [-0.4, -0.2) is 41.8 Å². The third kappa shape index (κ3) is 4.07. The summed E-state index contributed by atoms with van der Waals surface area (Å²) < 4.78 is 5.73. The van der Waals surface area contributed by atoms with Gasteiger partial charge in [-0.25, -0.2) is 0 Å². The normalized spacial score (nSPS) is 31.1. The van der Waals surface area contributed by atoms with E-state index in [0.717, 1.165) is 18.8 Å². The van der Waals surface area contributed by atoms with Crippen LogP contribution in [0, 0.1) is 17.8 Å². The smallest absolute Gasteiger partial charge is 0.119 e. The molecule has 0 aromatic heterocycles. The molecule has 1 N–H and O–H groups in total. The number of hydrogen-bond donors (Lipinski definition) is 1. The topological polar surface area (TPSA) is 32.7 Å². The molecular weight excluding hydrogens is 286 g/mol. The monoisotopic (exact) mass is 317 g/mol. The zero-order chi connectivity index (χ0) is 16.7. The third-order valence-corrected chi connectivity index (χ3v) is 5.43. The van der Waals surface area contributed by atoms with Gasteiger partial charge in [0.25, 0.3) is 0 Å². The zero-order valence-electron chi connectivity index (χ0n) is 15.0. The van der Waals surface area contributed by atoms with Crippen LogP contribution in [-0.2, 0) is 0 Å². The van der Waals surface area contributed by atoms with Gasteiger partial charge in [0.2, 0.25) is 0 Å². The summed E-state index contributed by atoms with van der Waals surface area (Å²) in [6, 6.07) is 8.63. The highest BCUT2D eigenvalue weighted by atomic mass is 16.5. The van der Waals surface area contributed by atoms with Crippen LogP contribution in [0.15, 0.2) is 24.3 Å². The van der Waals surface area contributed by atoms with Gasteiger partial charge < -0.3 is 9.84 Å². The minimum absolute atomic E-state index is 0.367. The second-order valence-electron chi connectivity index (χ2n) is 8.92. The summed E-state index contributed by atoms with van der Waals surface area (Å²) in [5.41, 5.74) is 2.07. The molecule has 128 valence electrons. The Morgan fingerprint density at radius 2 is 1.91 bits per heavy atom. The fraction of sp³-hybridized carbons (Fsp3) is 0.700. The summed E-state index contributed by atoms with van der Waals surface area (Å²) in [6.45, 7) is 11.5. The van der Waals surface area contributed by atoms with Crippen LogP contribution in [0.25, 0.3) is 0 Å². The molecule has 0 radical (unpaired) electrons. The molecule has 23 heavy (non-hydrogen) atoms. The number of β-amino-alcohol motifs (C(OH)–C–C–N with tert-alkyl or cyclic N) is 1. The first-order valence-electron chi connectivity index (χ1n) is 8.86. The molecule has 1 aliphatic heterocycles. The lowest BCUT2D eigenvalue weighted by molar-refractivity contribution is 0.0585. The Labute approximate surface area is 140 Å². The minimum atomic E-state index is -0.428. The van der Waals surface area contributed by atoms with E-state index in [9.17, 15) is 5.11 Å². The predicted octanol–water partition coefficient (Wildman–Crippen LogP) is 3.64. The molecule has 0 unspecified atom stereocenters. The van der Waals surface area contributed by atoms with Gasteiger partial charge in [-0.1, -0.05) is 38.5 Å². The van der Waals surface area contributed by atoms with Crippen LogP contribution in [0.3, 0.4) is 0 Å². The molecule has 3 heteroatoms. The molecular formula is C20H31NO2. The van der Waals surface area contributed by atoms with Crippen LogP contribution in [0.5, 0.6) is 5.75 Å². The number of aliphatic hydroxyl groups is 1. The van der Waals surface area contributed by atoms with Crippen molar-refractivity contribution < 1.29 is 9.84 Å². The van der Waals surface area contributed by atoms with Gasteiger partial charge in [0, 0.05) is 19.1 Å². The average Bonchev–Trinajstić information content (AvgIpc) is 2.67. The van der Waals surface area contributed by atoms with Gasteiger partial charge in [0.15, 0.2) is 0 Å². The van der Waals surface area contributed by atoms with Crippen molar-refractivity contribution in [3.8, 4) is 5.75 Å². The second-order valence-corrected chi connectivity index (χ2v) is 8.92. The molecule has 1 aromatic carbocycles. The summed E-state index contributed by atoms with van der Waals surface area (Å²) in [7, 11) is 0. The highest BCUT2D eigenvalue weighted by molar-refractivity contribution is 5.26. The van der Waals surface area contributed by atoms with E-state index in [-0.39, 0.29) is 0 Å². The number of aryl methyl sites for hydroxylation is 1. The predicted molar refractivity (Wildman–Crippen MR) is 93.8 cm³/mol. The van der Waals surface area contributed by atoms with Gasteiger partial charge >= 0.3 is 0 Å². The fourth-order valence-corrected chi connectivity index (χ4v) is 4.94. The standard InChI is InChI=1S/C20H31NO2/c1-15-5-7-18(8-6-15)23-12-17(22)11-21-14-20(4)10-16(21)9-19(2,3)13-20/h5-8,16-17,22H,9-14H2,1-4H3/t16-,17+,20+/m1/s1. The highest BCUT2D eigenvalue weighted by Gasteiger charge is 2.49. The number of benzene rings is 1. The summed E-state index contributed by atoms with van der Waals surface area (Å²) in [5, 5.41) is 10.4. The Morgan fingerprint density at radius 1 is 1.22 bits per heavy atom. The van der Waals surface area contributed by atoms with E-state index in [2.05, 4.69) is 32.6 Å². The van der Waals surface area contributed by atoms with E-state index in [1.165, 1.54) is 24.8 Å². The number of aliphatic hydroxyl groups excluding tert-OH is 1. The summed E-state index contributed by atoms with van der Waals surface area (Å²) in [5.74, 6) is 0.836. The van der Waals surface area contributed by atoms with Crippen LogP contribution >= 0.6 is 0 Å². The van der Waals surface area contributed by atoms with E-state index in [1.54, 1.807) is 0 Å². The van der Waals surface area contributed by atoms with Crippen molar-refractivity contribution in [3.05, 3.63) is 29.8 Å². The molecule has 2 fully saturated rings. The number of rotatable bonds is 5. The van der Waals surface area contributed by atoms with E-state index in [0.29, 0.717) is 23.5 Å². The lowest BCUT2D eigenvalue weighted by atomic mass is 9.65. The van der Waals surface area contributed by atoms with Crippen LogP contribution in [0.2, 0.25) is 0 Å². The SMILES string of the molecule is Cc1ccc(OC[C@@H](O)CN2C[C@@]3(C)C[C@H]2CC(C)(C)C3)cc1. The van der Waals surface area contributed by atoms with Crippen LogP contribution < -0.4 is 4.74 Å². The summed E-state index contributed by atoms with van der Waals surface area (Å²) in [6.07, 6.45) is 3.39. The van der Waals surface area contributed by atoms with E-state index < -0.39 is 6.10 Å².